The Bertz CT molecular complexity index is 877. The fourth-order valence-electron chi connectivity index (χ4n) is 3.30. The van der Waals surface area contributed by atoms with Crippen molar-refractivity contribution in [3.05, 3.63) is 58.4 Å². The molecule has 3 aromatic rings. The van der Waals surface area contributed by atoms with Crippen LogP contribution >= 0.6 is 11.3 Å². The first-order valence-electron chi connectivity index (χ1n) is 8.23. The molecule has 128 valence electrons. The number of carbonyl (C=O) groups is 1. The van der Waals surface area contributed by atoms with E-state index in [4.69, 9.17) is 0 Å². The highest BCUT2D eigenvalue weighted by molar-refractivity contribution is 7.09. The minimum atomic E-state index is -0.343. The maximum Gasteiger partial charge on any atom is 0.258 e. The molecular weight excluding hydrogens is 339 g/mol. The fourth-order valence-corrected chi connectivity index (χ4v) is 4.08. The number of halogens is 1. The number of aromatic amines is 1. The van der Waals surface area contributed by atoms with Crippen LogP contribution in [0.25, 0.3) is 11.3 Å². The van der Waals surface area contributed by atoms with Crippen LogP contribution in [-0.2, 0) is 0 Å². The van der Waals surface area contributed by atoms with E-state index in [2.05, 4.69) is 15.2 Å². The topological polar surface area (TPSA) is 61.9 Å². The summed E-state index contributed by atoms with van der Waals surface area (Å²) < 4.78 is 13.6. The lowest BCUT2D eigenvalue weighted by Crippen LogP contribution is -2.38. The van der Waals surface area contributed by atoms with Crippen LogP contribution in [0.3, 0.4) is 0 Å². The first-order chi connectivity index (χ1) is 12.2. The zero-order chi connectivity index (χ0) is 17.2. The molecule has 7 heteroatoms. The van der Waals surface area contributed by atoms with Gasteiger partial charge in [-0.3, -0.25) is 9.89 Å². The molecule has 1 atom stereocenters. The first-order valence-corrected chi connectivity index (χ1v) is 9.11. The Balaban J connectivity index is 1.68. The number of likely N-dealkylation sites (tertiary alicyclic amines) is 1. The van der Waals surface area contributed by atoms with Crippen molar-refractivity contribution in [1.29, 1.82) is 0 Å². The van der Waals surface area contributed by atoms with Crippen molar-refractivity contribution in [3.63, 3.8) is 0 Å². The summed E-state index contributed by atoms with van der Waals surface area (Å²) in [6.07, 6.45) is 6.26. The van der Waals surface area contributed by atoms with Gasteiger partial charge in [0, 0.05) is 23.7 Å². The molecule has 1 saturated heterocycles. The highest BCUT2D eigenvalue weighted by Crippen LogP contribution is 2.34. The summed E-state index contributed by atoms with van der Waals surface area (Å²) in [5.74, 6) is -0.433. The molecule has 4 rings (SSSR count). The van der Waals surface area contributed by atoms with Gasteiger partial charge < -0.3 is 4.90 Å². The van der Waals surface area contributed by atoms with E-state index in [9.17, 15) is 9.18 Å². The Kier molecular flexibility index (Phi) is 4.31. The Morgan fingerprint density at radius 3 is 3.08 bits per heavy atom. The van der Waals surface area contributed by atoms with Crippen LogP contribution in [0.4, 0.5) is 4.39 Å². The number of nitrogens with zero attached hydrogens (tertiary/aromatic N) is 3. The van der Waals surface area contributed by atoms with E-state index in [0.29, 0.717) is 23.4 Å². The van der Waals surface area contributed by atoms with Gasteiger partial charge in [-0.15, -0.1) is 11.3 Å². The normalized spacial score (nSPS) is 17.6. The zero-order valence-electron chi connectivity index (χ0n) is 13.5. The quantitative estimate of drug-likeness (QED) is 0.770. The number of benzene rings is 1. The summed E-state index contributed by atoms with van der Waals surface area (Å²) in [5, 5.41) is 9.76. The van der Waals surface area contributed by atoms with E-state index in [1.165, 1.54) is 18.3 Å². The Hall–Kier alpha value is -2.54. The standard InChI is InChI=1S/C18H17FN4OS/c19-13-5-3-4-12(10-13)16-14(11-21-22-16)18(24)23-8-2-1-6-15(23)17-20-7-9-25-17/h3-5,7,9-11,15H,1-2,6,8H2,(H,21,22)/t15-/m0/s1. The molecule has 1 aliphatic rings. The summed E-state index contributed by atoms with van der Waals surface area (Å²) in [7, 11) is 0. The molecule has 0 bridgehead atoms. The third kappa shape index (κ3) is 3.07. The van der Waals surface area contributed by atoms with Crippen LogP contribution in [0.5, 0.6) is 0 Å². The SMILES string of the molecule is O=C(c1cn[nH]c1-c1cccc(F)c1)N1CCCC[C@H]1c1nccs1. The average molecular weight is 356 g/mol. The van der Waals surface area contributed by atoms with Crippen LogP contribution in [0.15, 0.2) is 42.0 Å². The predicted molar refractivity (Wildman–Crippen MR) is 93.7 cm³/mol. The molecule has 2 aromatic heterocycles. The molecule has 0 saturated carbocycles. The molecule has 1 fully saturated rings. The molecule has 0 radical (unpaired) electrons. The second-order valence-corrected chi connectivity index (χ2v) is 6.98. The van der Waals surface area contributed by atoms with Gasteiger partial charge in [0.25, 0.3) is 5.91 Å². The van der Waals surface area contributed by atoms with Gasteiger partial charge in [0.2, 0.25) is 0 Å². The van der Waals surface area contributed by atoms with Crippen molar-refractivity contribution in [2.45, 2.75) is 25.3 Å². The van der Waals surface area contributed by atoms with Crippen molar-refractivity contribution in [3.8, 4) is 11.3 Å². The monoisotopic (exact) mass is 356 g/mol. The van der Waals surface area contributed by atoms with Crippen LogP contribution in [0, 0.1) is 5.82 Å². The van der Waals surface area contributed by atoms with Gasteiger partial charge in [0.05, 0.1) is 23.5 Å². The maximum atomic E-state index is 13.6. The Labute approximate surface area is 148 Å². The van der Waals surface area contributed by atoms with E-state index in [1.807, 2.05) is 10.3 Å². The second kappa shape index (κ2) is 6.76. The van der Waals surface area contributed by atoms with E-state index in [1.54, 1.807) is 29.7 Å². The molecule has 1 N–H and O–H groups in total. The van der Waals surface area contributed by atoms with Crippen LogP contribution in [0.2, 0.25) is 0 Å². The number of aromatic nitrogens is 3. The highest BCUT2D eigenvalue weighted by Gasteiger charge is 2.32. The van der Waals surface area contributed by atoms with Gasteiger partial charge in [-0.05, 0) is 31.4 Å². The van der Waals surface area contributed by atoms with Crippen molar-refractivity contribution in [1.82, 2.24) is 20.1 Å². The molecule has 3 heterocycles. The Morgan fingerprint density at radius 1 is 1.36 bits per heavy atom. The lowest BCUT2D eigenvalue weighted by Gasteiger charge is -2.34. The number of carbonyl (C=O) groups excluding carboxylic acids is 1. The number of amides is 1. The predicted octanol–water partition coefficient (Wildman–Crippen LogP) is 4.04. The van der Waals surface area contributed by atoms with Crippen molar-refractivity contribution in [2.24, 2.45) is 0 Å². The number of hydrogen-bond donors (Lipinski definition) is 1. The average Bonchev–Trinajstić information content (AvgIpc) is 3.33. The number of piperidine rings is 1. The summed E-state index contributed by atoms with van der Waals surface area (Å²) in [6, 6.07) is 6.17. The summed E-state index contributed by atoms with van der Waals surface area (Å²) >= 11 is 1.57. The van der Waals surface area contributed by atoms with Crippen molar-refractivity contribution >= 4 is 17.2 Å². The van der Waals surface area contributed by atoms with Crippen molar-refractivity contribution < 1.29 is 9.18 Å². The molecule has 1 amide bonds. The van der Waals surface area contributed by atoms with Crippen LogP contribution < -0.4 is 0 Å². The molecule has 25 heavy (non-hydrogen) atoms. The number of hydrogen-bond acceptors (Lipinski definition) is 4. The molecule has 0 spiro atoms. The third-order valence-corrected chi connectivity index (χ3v) is 5.36. The molecule has 1 aromatic carbocycles. The zero-order valence-corrected chi connectivity index (χ0v) is 14.3. The fraction of sp³-hybridized carbons (Fsp3) is 0.278. The van der Waals surface area contributed by atoms with E-state index in [-0.39, 0.29) is 17.8 Å². The second-order valence-electron chi connectivity index (χ2n) is 6.05. The number of thiazole rings is 1. The van der Waals surface area contributed by atoms with Crippen molar-refractivity contribution in [2.75, 3.05) is 6.54 Å². The minimum absolute atomic E-state index is 0.00323. The lowest BCUT2D eigenvalue weighted by molar-refractivity contribution is 0.0612. The van der Waals surface area contributed by atoms with Gasteiger partial charge >= 0.3 is 0 Å². The van der Waals surface area contributed by atoms with E-state index >= 15 is 0 Å². The number of rotatable bonds is 3. The molecular formula is C18H17FN4OS. The summed E-state index contributed by atoms with van der Waals surface area (Å²) in [6.45, 7) is 0.691. The van der Waals surface area contributed by atoms with Gasteiger partial charge in [0.1, 0.15) is 10.8 Å². The van der Waals surface area contributed by atoms with E-state index < -0.39 is 0 Å². The highest BCUT2D eigenvalue weighted by atomic mass is 32.1. The minimum Gasteiger partial charge on any atom is -0.329 e. The molecule has 5 nitrogen and oxygen atoms in total. The lowest BCUT2D eigenvalue weighted by atomic mass is 10.00. The molecule has 0 aliphatic carbocycles. The smallest absolute Gasteiger partial charge is 0.258 e. The largest absolute Gasteiger partial charge is 0.329 e. The van der Waals surface area contributed by atoms with E-state index in [0.717, 1.165) is 24.3 Å². The first kappa shape index (κ1) is 16.0. The third-order valence-electron chi connectivity index (χ3n) is 4.48. The number of nitrogens with one attached hydrogen (secondary N) is 1. The van der Waals surface area contributed by atoms with Gasteiger partial charge in [-0.25, -0.2) is 9.37 Å². The van der Waals surface area contributed by atoms with Gasteiger partial charge in [0.15, 0.2) is 0 Å². The summed E-state index contributed by atoms with van der Waals surface area (Å²) in [4.78, 5) is 19.5. The van der Waals surface area contributed by atoms with Gasteiger partial charge in [-0.1, -0.05) is 12.1 Å². The summed E-state index contributed by atoms with van der Waals surface area (Å²) in [5.41, 5.74) is 1.63. The number of H-pyrrole nitrogens is 1. The van der Waals surface area contributed by atoms with Crippen LogP contribution in [0.1, 0.15) is 40.7 Å². The van der Waals surface area contributed by atoms with Gasteiger partial charge in [-0.2, -0.15) is 5.10 Å². The molecule has 0 unspecified atom stereocenters. The Morgan fingerprint density at radius 2 is 2.28 bits per heavy atom. The molecule has 1 aliphatic heterocycles. The maximum absolute atomic E-state index is 13.6. The van der Waals surface area contributed by atoms with Crippen LogP contribution in [-0.4, -0.2) is 32.5 Å².